The van der Waals surface area contributed by atoms with Gasteiger partial charge in [0, 0.05) is 18.0 Å². The van der Waals surface area contributed by atoms with Crippen molar-refractivity contribution in [3.8, 4) is 11.8 Å². The van der Waals surface area contributed by atoms with E-state index in [0.29, 0.717) is 28.0 Å². The van der Waals surface area contributed by atoms with Crippen LogP contribution in [0.25, 0.3) is 5.69 Å². The lowest BCUT2D eigenvalue weighted by molar-refractivity contribution is 0.565. The molecule has 32 heavy (non-hydrogen) atoms. The fourth-order valence-electron chi connectivity index (χ4n) is 3.09. The van der Waals surface area contributed by atoms with E-state index < -0.39 is 27.1 Å². The molecule has 0 atom stereocenters. The van der Waals surface area contributed by atoms with Crippen LogP contribution in [-0.2, 0) is 15.4 Å². The van der Waals surface area contributed by atoms with Crippen molar-refractivity contribution in [3.63, 3.8) is 0 Å². The van der Waals surface area contributed by atoms with Gasteiger partial charge in [0.2, 0.25) is 10.0 Å². The Morgan fingerprint density at radius 3 is 2.47 bits per heavy atom. The second-order valence-corrected chi connectivity index (χ2v) is 10.5. The normalized spacial score (nSPS) is 12.0. The van der Waals surface area contributed by atoms with Crippen LogP contribution < -0.4 is 4.72 Å². The monoisotopic (exact) mass is 477 g/mol. The molecule has 3 rings (SSSR count). The number of hydrogen-bond donors (Lipinski definition) is 1. The van der Waals surface area contributed by atoms with Crippen LogP contribution in [0.5, 0.6) is 0 Å². The maximum Gasteiger partial charge on any atom is 0.208 e. The van der Waals surface area contributed by atoms with Gasteiger partial charge in [0.1, 0.15) is 23.5 Å². The number of nitrogens with zero attached hydrogens (tertiary/aromatic N) is 4. The molecule has 3 aromatic rings. The predicted octanol–water partition coefficient (Wildman–Crippen LogP) is 3.38. The van der Waals surface area contributed by atoms with Crippen molar-refractivity contribution in [2.24, 2.45) is 0 Å². The zero-order chi connectivity index (χ0) is 23.5. The molecule has 11 heteroatoms. The van der Waals surface area contributed by atoms with Crippen molar-refractivity contribution in [2.45, 2.75) is 24.4 Å². The van der Waals surface area contributed by atoms with Crippen molar-refractivity contribution in [1.82, 2.24) is 19.5 Å². The summed E-state index contributed by atoms with van der Waals surface area (Å²) >= 11 is 1.29. The average Bonchev–Trinajstić information content (AvgIpc) is 3.16. The van der Waals surface area contributed by atoms with Gasteiger partial charge in [-0.3, -0.25) is 4.57 Å². The standard InChI is InChI=1S/C21H21F2N5O2S2/c1-21(2,15-4-9-18(23)14(12-15)13-24)19-26-27-20(31-11-10-25-32(3,29)30)28(19)17-7-5-16(22)6-8-17/h4-9,12,25H,10-11H2,1-3H3. The Kier molecular flexibility index (Phi) is 6.97. The molecule has 0 saturated carbocycles. The smallest absolute Gasteiger partial charge is 0.208 e. The summed E-state index contributed by atoms with van der Waals surface area (Å²) in [6, 6.07) is 11.9. The highest BCUT2D eigenvalue weighted by molar-refractivity contribution is 7.99. The van der Waals surface area contributed by atoms with Crippen molar-refractivity contribution in [2.75, 3.05) is 18.6 Å². The number of benzene rings is 2. The highest BCUT2D eigenvalue weighted by atomic mass is 32.2. The molecular weight excluding hydrogens is 456 g/mol. The topological polar surface area (TPSA) is 101 Å². The third-order valence-electron chi connectivity index (χ3n) is 4.78. The minimum atomic E-state index is -3.31. The van der Waals surface area contributed by atoms with Crippen LogP contribution in [0.4, 0.5) is 8.78 Å². The molecule has 168 valence electrons. The van der Waals surface area contributed by atoms with E-state index >= 15 is 0 Å². The van der Waals surface area contributed by atoms with E-state index in [2.05, 4.69) is 14.9 Å². The van der Waals surface area contributed by atoms with Gasteiger partial charge >= 0.3 is 0 Å². The quantitative estimate of drug-likeness (QED) is 0.394. The molecular formula is C21H21F2N5O2S2. The molecule has 0 amide bonds. The van der Waals surface area contributed by atoms with Crippen molar-refractivity contribution < 1.29 is 17.2 Å². The molecule has 2 aromatic carbocycles. The van der Waals surface area contributed by atoms with Crippen LogP contribution in [-0.4, -0.2) is 41.7 Å². The van der Waals surface area contributed by atoms with Gasteiger partial charge in [0.05, 0.1) is 17.2 Å². The first-order valence-electron chi connectivity index (χ1n) is 9.52. The minimum absolute atomic E-state index is 0.0788. The Labute approximate surface area is 189 Å². The third kappa shape index (κ3) is 5.32. The molecule has 0 spiro atoms. The van der Waals surface area contributed by atoms with Gasteiger partial charge in [-0.05, 0) is 55.8 Å². The Balaban J connectivity index is 2.04. The summed E-state index contributed by atoms with van der Waals surface area (Å²) in [7, 11) is -3.31. The molecule has 0 unspecified atom stereocenters. The van der Waals surface area contributed by atoms with Crippen LogP contribution in [0.1, 0.15) is 30.8 Å². The summed E-state index contributed by atoms with van der Waals surface area (Å²) in [4.78, 5) is 0. The van der Waals surface area contributed by atoms with Gasteiger partial charge in [-0.25, -0.2) is 21.9 Å². The fraction of sp³-hybridized carbons (Fsp3) is 0.286. The van der Waals surface area contributed by atoms with Gasteiger partial charge < -0.3 is 0 Å². The second kappa shape index (κ2) is 9.36. The summed E-state index contributed by atoms with van der Waals surface area (Å²) in [5.74, 6) is -0.117. The lowest BCUT2D eigenvalue weighted by Crippen LogP contribution is -2.25. The maximum atomic E-state index is 13.9. The molecule has 0 fully saturated rings. The van der Waals surface area contributed by atoms with Crippen LogP contribution in [0.3, 0.4) is 0 Å². The molecule has 7 nitrogen and oxygen atoms in total. The molecule has 1 N–H and O–H groups in total. The average molecular weight is 478 g/mol. The van der Waals surface area contributed by atoms with E-state index in [-0.39, 0.29) is 12.1 Å². The summed E-state index contributed by atoms with van der Waals surface area (Å²) in [6.07, 6.45) is 1.08. The minimum Gasteiger partial charge on any atom is -0.273 e. The van der Waals surface area contributed by atoms with Crippen LogP contribution in [0, 0.1) is 23.0 Å². The number of thioether (sulfide) groups is 1. The second-order valence-electron chi connectivity index (χ2n) is 7.56. The van der Waals surface area contributed by atoms with Gasteiger partial charge in [-0.1, -0.05) is 17.8 Å². The van der Waals surface area contributed by atoms with Gasteiger partial charge in [-0.2, -0.15) is 5.26 Å². The number of nitriles is 1. The van der Waals surface area contributed by atoms with Crippen molar-refractivity contribution in [3.05, 3.63) is 71.1 Å². The first-order valence-corrected chi connectivity index (χ1v) is 12.4. The highest BCUT2D eigenvalue weighted by Crippen LogP contribution is 2.35. The van der Waals surface area contributed by atoms with Crippen molar-refractivity contribution in [1.29, 1.82) is 5.26 Å². The van der Waals surface area contributed by atoms with E-state index in [9.17, 15) is 22.5 Å². The molecule has 0 saturated heterocycles. The van der Waals surface area contributed by atoms with E-state index in [4.69, 9.17) is 0 Å². The third-order valence-corrected chi connectivity index (χ3v) is 6.44. The molecule has 0 radical (unpaired) electrons. The molecule has 0 aliphatic heterocycles. The van der Waals surface area contributed by atoms with Crippen LogP contribution in [0.15, 0.2) is 47.6 Å². The first-order chi connectivity index (χ1) is 15.0. The molecule has 0 aliphatic rings. The van der Waals surface area contributed by atoms with E-state index in [1.165, 1.54) is 36.0 Å². The number of nitrogens with one attached hydrogen (secondary N) is 1. The maximum absolute atomic E-state index is 13.9. The Morgan fingerprint density at radius 1 is 1.16 bits per heavy atom. The largest absolute Gasteiger partial charge is 0.273 e. The molecule has 1 heterocycles. The lowest BCUT2D eigenvalue weighted by atomic mass is 9.83. The fourth-order valence-corrected chi connectivity index (χ4v) is 4.50. The van der Waals surface area contributed by atoms with Gasteiger partial charge in [0.15, 0.2) is 5.16 Å². The van der Waals surface area contributed by atoms with Crippen LogP contribution in [0.2, 0.25) is 0 Å². The summed E-state index contributed by atoms with van der Waals surface area (Å²) in [5.41, 5.74) is 0.400. The Morgan fingerprint density at radius 2 is 1.84 bits per heavy atom. The first kappa shape index (κ1) is 23.8. The Bertz CT molecular complexity index is 1270. The summed E-state index contributed by atoms with van der Waals surface area (Å²) in [5, 5.41) is 18.3. The highest BCUT2D eigenvalue weighted by Gasteiger charge is 2.32. The number of aromatic nitrogens is 3. The number of sulfonamides is 1. The lowest BCUT2D eigenvalue weighted by Gasteiger charge is -2.26. The Hall–Kier alpha value is -2.81. The summed E-state index contributed by atoms with van der Waals surface area (Å²) < 4.78 is 54.1. The summed E-state index contributed by atoms with van der Waals surface area (Å²) in [6.45, 7) is 3.93. The van der Waals surface area contributed by atoms with E-state index in [1.807, 2.05) is 19.9 Å². The van der Waals surface area contributed by atoms with Crippen molar-refractivity contribution >= 4 is 21.8 Å². The molecule has 0 aliphatic carbocycles. The molecule has 0 bridgehead atoms. The van der Waals surface area contributed by atoms with E-state index in [1.54, 1.807) is 22.8 Å². The zero-order valence-electron chi connectivity index (χ0n) is 17.6. The van der Waals surface area contributed by atoms with Gasteiger partial charge in [-0.15, -0.1) is 10.2 Å². The zero-order valence-corrected chi connectivity index (χ0v) is 19.3. The molecule has 1 aromatic heterocycles. The predicted molar refractivity (Wildman–Crippen MR) is 118 cm³/mol. The number of hydrogen-bond acceptors (Lipinski definition) is 6. The van der Waals surface area contributed by atoms with Crippen LogP contribution >= 0.6 is 11.8 Å². The SMILES string of the molecule is CC(C)(c1ccc(F)c(C#N)c1)c1nnc(SCCNS(C)(=O)=O)n1-c1ccc(F)cc1. The van der Waals surface area contributed by atoms with E-state index in [0.717, 1.165) is 6.26 Å². The number of rotatable bonds is 8. The van der Waals surface area contributed by atoms with Gasteiger partial charge in [0.25, 0.3) is 0 Å². The number of halogens is 2.